The molecular weight excluding hydrogens is 294 g/mol. The highest BCUT2D eigenvalue weighted by Crippen LogP contribution is 2.11. The Bertz CT molecular complexity index is 784. The Morgan fingerprint density at radius 1 is 1.43 bits per heavy atom. The van der Waals surface area contributed by atoms with Crippen molar-refractivity contribution < 1.29 is 14.4 Å². The SMILES string of the molecule is COC(=O)c1ccc2c(=O)[nH]c(C[NH+]3CCCC[C@@H]3C)nc2c1. The zero-order valence-electron chi connectivity index (χ0n) is 13.5. The van der Waals surface area contributed by atoms with E-state index in [1.165, 1.54) is 31.3 Å². The molecule has 1 aromatic carbocycles. The van der Waals surface area contributed by atoms with Gasteiger partial charge in [-0.3, -0.25) is 4.79 Å². The Balaban J connectivity index is 1.95. The Morgan fingerprint density at radius 2 is 2.26 bits per heavy atom. The summed E-state index contributed by atoms with van der Waals surface area (Å²) in [5.41, 5.74) is 0.781. The quantitative estimate of drug-likeness (QED) is 0.816. The summed E-state index contributed by atoms with van der Waals surface area (Å²) in [7, 11) is 1.34. The summed E-state index contributed by atoms with van der Waals surface area (Å²) in [5, 5.41) is 0.489. The van der Waals surface area contributed by atoms with Crippen LogP contribution in [0.5, 0.6) is 0 Å². The van der Waals surface area contributed by atoms with Gasteiger partial charge in [0.1, 0.15) is 6.54 Å². The fraction of sp³-hybridized carbons (Fsp3) is 0.471. The van der Waals surface area contributed by atoms with Gasteiger partial charge in [-0.15, -0.1) is 0 Å². The first kappa shape index (κ1) is 15.7. The number of aromatic amines is 1. The van der Waals surface area contributed by atoms with E-state index in [-0.39, 0.29) is 5.56 Å². The molecule has 3 rings (SSSR count). The first-order chi connectivity index (χ1) is 11.1. The number of nitrogens with zero attached hydrogens (tertiary/aromatic N) is 1. The van der Waals surface area contributed by atoms with E-state index in [0.717, 1.165) is 6.54 Å². The molecule has 1 aliphatic rings. The van der Waals surface area contributed by atoms with E-state index in [9.17, 15) is 9.59 Å². The highest BCUT2D eigenvalue weighted by Gasteiger charge is 2.23. The zero-order valence-corrected chi connectivity index (χ0v) is 13.5. The van der Waals surface area contributed by atoms with E-state index in [1.54, 1.807) is 18.2 Å². The monoisotopic (exact) mass is 316 g/mol. The smallest absolute Gasteiger partial charge is 0.337 e. The van der Waals surface area contributed by atoms with Gasteiger partial charge in [0.15, 0.2) is 5.82 Å². The average molecular weight is 316 g/mol. The standard InChI is InChI=1S/C17H21N3O3/c1-11-5-3-4-8-20(11)10-15-18-14-9-12(17(22)23-2)6-7-13(14)16(21)19-15/h6-7,9,11H,3-5,8,10H2,1-2H3,(H,18,19,21)/p+1/t11-/m0/s1. The van der Waals surface area contributed by atoms with Gasteiger partial charge in [-0.1, -0.05) is 0 Å². The van der Waals surface area contributed by atoms with Crippen molar-refractivity contribution in [2.75, 3.05) is 13.7 Å². The Hall–Kier alpha value is -2.21. The van der Waals surface area contributed by atoms with Gasteiger partial charge in [-0.25, -0.2) is 9.78 Å². The lowest BCUT2D eigenvalue weighted by atomic mass is 10.0. The lowest BCUT2D eigenvalue weighted by Gasteiger charge is -2.29. The van der Waals surface area contributed by atoms with Crippen molar-refractivity contribution in [3.05, 3.63) is 39.9 Å². The molecule has 2 heterocycles. The van der Waals surface area contributed by atoms with Crippen molar-refractivity contribution >= 4 is 16.9 Å². The third kappa shape index (κ3) is 3.27. The number of likely N-dealkylation sites (tertiary alicyclic amines) is 1. The molecule has 0 saturated carbocycles. The van der Waals surface area contributed by atoms with Crippen LogP contribution in [-0.4, -0.2) is 35.6 Å². The van der Waals surface area contributed by atoms with E-state index in [0.29, 0.717) is 34.9 Å². The summed E-state index contributed by atoms with van der Waals surface area (Å²) in [4.78, 5) is 32.8. The topological polar surface area (TPSA) is 76.5 Å². The number of rotatable bonds is 3. The molecule has 0 aliphatic carbocycles. The maximum atomic E-state index is 12.3. The molecule has 122 valence electrons. The molecular formula is C17H22N3O3+. The molecule has 2 N–H and O–H groups in total. The van der Waals surface area contributed by atoms with Gasteiger partial charge in [-0.2, -0.15) is 0 Å². The van der Waals surface area contributed by atoms with Gasteiger partial charge in [0.2, 0.25) is 0 Å². The maximum absolute atomic E-state index is 12.3. The van der Waals surface area contributed by atoms with Crippen molar-refractivity contribution in [2.45, 2.75) is 38.8 Å². The third-order valence-corrected chi connectivity index (χ3v) is 4.65. The number of ether oxygens (including phenoxy) is 1. The molecule has 1 aromatic heterocycles. The number of hydrogen-bond donors (Lipinski definition) is 2. The first-order valence-corrected chi connectivity index (χ1v) is 8.04. The van der Waals surface area contributed by atoms with Crippen LogP contribution in [0.25, 0.3) is 10.9 Å². The first-order valence-electron chi connectivity index (χ1n) is 8.04. The molecule has 1 unspecified atom stereocenters. The zero-order chi connectivity index (χ0) is 16.4. The fourth-order valence-electron chi connectivity index (χ4n) is 3.25. The number of nitrogens with one attached hydrogen (secondary N) is 2. The molecule has 23 heavy (non-hydrogen) atoms. The van der Waals surface area contributed by atoms with E-state index in [1.807, 2.05) is 0 Å². The van der Waals surface area contributed by atoms with Crippen molar-refractivity contribution in [1.29, 1.82) is 0 Å². The lowest BCUT2D eigenvalue weighted by molar-refractivity contribution is -0.942. The number of esters is 1. The molecule has 1 aliphatic heterocycles. The molecule has 6 heteroatoms. The number of aromatic nitrogens is 2. The normalized spacial score (nSPS) is 21.3. The minimum Gasteiger partial charge on any atom is -0.465 e. The third-order valence-electron chi connectivity index (χ3n) is 4.65. The Morgan fingerprint density at radius 3 is 3.00 bits per heavy atom. The molecule has 0 amide bonds. The van der Waals surface area contributed by atoms with Gasteiger partial charge < -0.3 is 14.6 Å². The number of benzene rings is 1. The van der Waals surface area contributed by atoms with Crippen molar-refractivity contribution in [2.24, 2.45) is 0 Å². The second kappa shape index (κ2) is 6.50. The minimum atomic E-state index is -0.425. The molecule has 6 nitrogen and oxygen atoms in total. The van der Waals surface area contributed by atoms with Crippen LogP contribution in [0.4, 0.5) is 0 Å². The number of piperidine rings is 1. The number of methoxy groups -OCH3 is 1. The van der Waals surface area contributed by atoms with E-state index < -0.39 is 5.97 Å². The van der Waals surface area contributed by atoms with Crippen LogP contribution in [0.3, 0.4) is 0 Å². The minimum absolute atomic E-state index is 0.162. The predicted molar refractivity (Wildman–Crippen MR) is 86.5 cm³/mol. The van der Waals surface area contributed by atoms with E-state index >= 15 is 0 Å². The average Bonchev–Trinajstić information content (AvgIpc) is 2.55. The maximum Gasteiger partial charge on any atom is 0.337 e. The number of hydrogen-bond acceptors (Lipinski definition) is 4. The molecule has 2 atom stereocenters. The molecule has 2 aromatic rings. The summed E-state index contributed by atoms with van der Waals surface area (Å²) in [5.74, 6) is 0.249. The van der Waals surface area contributed by atoms with Crippen molar-refractivity contribution in [1.82, 2.24) is 9.97 Å². The van der Waals surface area contributed by atoms with Crippen LogP contribution in [0, 0.1) is 0 Å². The fourth-order valence-corrected chi connectivity index (χ4v) is 3.25. The number of fused-ring (bicyclic) bond motifs is 1. The second-order valence-electron chi connectivity index (χ2n) is 6.22. The molecule has 0 radical (unpaired) electrons. The van der Waals surface area contributed by atoms with Gasteiger partial charge >= 0.3 is 5.97 Å². The molecule has 0 bridgehead atoms. The largest absolute Gasteiger partial charge is 0.465 e. The van der Waals surface area contributed by atoms with E-state index in [2.05, 4.69) is 16.9 Å². The van der Waals surface area contributed by atoms with Crippen molar-refractivity contribution in [3.8, 4) is 0 Å². The van der Waals surface area contributed by atoms with E-state index in [4.69, 9.17) is 4.74 Å². The number of carbonyl (C=O) groups excluding carboxylic acids is 1. The summed E-state index contributed by atoms with van der Waals surface area (Å²) in [6, 6.07) is 5.40. The number of H-pyrrole nitrogens is 1. The molecule has 1 saturated heterocycles. The molecule has 0 spiro atoms. The van der Waals surface area contributed by atoms with Crippen LogP contribution >= 0.6 is 0 Å². The van der Waals surface area contributed by atoms with Gasteiger partial charge in [0, 0.05) is 0 Å². The summed E-state index contributed by atoms with van der Waals surface area (Å²) < 4.78 is 4.72. The van der Waals surface area contributed by atoms with Crippen LogP contribution in [0.2, 0.25) is 0 Å². The van der Waals surface area contributed by atoms with Gasteiger partial charge in [0.25, 0.3) is 5.56 Å². The van der Waals surface area contributed by atoms with Crippen molar-refractivity contribution in [3.63, 3.8) is 0 Å². The number of quaternary nitrogens is 1. The van der Waals surface area contributed by atoms with Gasteiger partial charge in [0.05, 0.1) is 36.2 Å². The molecule has 1 fully saturated rings. The summed E-state index contributed by atoms with van der Waals surface area (Å²) in [6.45, 7) is 4.04. The van der Waals surface area contributed by atoms with Crippen LogP contribution in [-0.2, 0) is 11.3 Å². The van der Waals surface area contributed by atoms with Gasteiger partial charge in [-0.05, 0) is 44.4 Å². The van der Waals surface area contributed by atoms with Crippen LogP contribution in [0.1, 0.15) is 42.4 Å². The predicted octanol–water partition coefficient (Wildman–Crippen LogP) is 0.667. The lowest BCUT2D eigenvalue weighted by Crippen LogP contribution is -3.15. The highest BCUT2D eigenvalue weighted by molar-refractivity contribution is 5.93. The van der Waals surface area contributed by atoms with Crippen LogP contribution in [0.15, 0.2) is 23.0 Å². The summed E-state index contributed by atoms with van der Waals surface area (Å²) >= 11 is 0. The highest BCUT2D eigenvalue weighted by atomic mass is 16.5. The Kier molecular flexibility index (Phi) is 4.43. The summed E-state index contributed by atoms with van der Waals surface area (Å²) in [6.07, 6.45) is 3.69. The Labute approximate surface area is 134 Å². The van der Waals surface area contributed by atoms with Crippen LogP contribution < -0.4 is 10.5 Å². The second-order valence-corrected chi connectivity index (χ2v) is 6.22. The number of carbonyl (C=O) groups is 1.